The summed E-state index contributed by atoms with van der Waals surface area (Å²) in [6, 6.07) is 0. The van der Waals surface area contributed by atoms with Gasteiger partial charge in [-0.15, -0.1) is 0 Å². The minimum Gasteiger partial charge on any atom is -0.464 e. The molecule has 1 N–H and O–H groups in total. The molecule has 1 aromatic heterocycles. The van der Waals surface area contributed by atoms with Crippen molar-refractivity contribution in [3.05, 3.63) is 11.6 Å². The number of hydrogen-bond donors (Lipinski definition) is 1. The van der Waals surface area contributed by atoms with E-state index >= 15 is 0 Å². The van der Waals surface area contributed by atoms with E-state index in [4.69, 9.17) is 4.74 Å². The molecule has 1 aliphatic rings. The third-order valence-electron chi connectivity index (χ3n) is 3.24. The van der Waals surface area contributed by atoms with Gasteiger partial charge in [0.2, 0.25) is 11.9 Å². The maximum Gasteiger partial charge on any atom is 0.360 e. The van der Waals surface area contributed by atoms with E-state index < -0.39 is 24.1 Å². The fourth-order valence-corrected chi connectivity index (χ4v) is 2.10. The number of nitrogens with zero attached hydrogens (tertiary/aromatic N) is 2. The minimum absolute atomic E-state index is 0.158. The highest BCUT2D eigenvalue weighted by Crippen LogP contribution is 2.28. The first-order valence-electron chi connectivity index (χ1n) is 6.86. The Hall–Kier alpha value is -1.96. The van der Waals surface area contributed by atoms with Crippen molar-refractivity contribution in [2.24, 2.45) is 0 Å². The first-order chi connectivity index (χ1) is 10.1. The molecule has 0 aromatic carbocycles. The van der Waals surface area contributed by atoms with Gasteiger partial charge in [0.25, 0.3) is 0 Å². The quantitative estimate of drug-likeness (QED) is 0.858. The number of carbonyl (C=O) groups is 2. The molecule has 1 aliphatic heterocycles. The zero-order chi connectivity index (χ0) is 15.4. The van der Waals surface area contributed by atoms with Crippen LogP contribution >= 0.6 is 0 Å². The topological polar surface area (TPSA) is 82.5 Å². The fraction of sp³-hybridized carbons (Fsp3) is 0.615. The highest BCUT2D eigenvalue weighted by molar-refractivity contribution is 5.99. The second-order valence-electron chi connectivity index (χ2n) is 4.67. The molecule has 0 radical (unpaired) electrons. The predicted octanol–water partition coefficient (Wildman–Crippen LogP) is 1.86. The molecule has 0 spiro atoms. The Morgan fingerprint density at radius 1 is 1.52 bits per heavy atom. The molecule has 1 unspecified atom stereocenters. The molecule has 0 saturated carbocycles. The molecule has 1 amide bonds. The van der Waals surface area contributed by atoms with Crippen LogP contribution in [0.1, 0.15) is 49.3 Å². The maximum absolute atomic E-state index is 14.5. The molecule has 1 fully saturated rings. The van der Waals surface area contributed by atoms with Crippen molar-refractivity contribution < 1.29 is 23.5 Å². The summed E-state index contributed by atoms with van der Waals surface area (Å²) in [7, 11) is 1.17. The van der Waals surface area contributed by atoms with E-state index in [2.05, 4.69) is 15.2 Å². The predicted molar refractivity (Wildman–Crippen MR) is 71.3 cm³/mol. The van der Waals surface area contributed by atoms with E-state index in [9.17, 15) is 14.0 Å². The van der Waals surface area contributed by atoms with Crippen molar-refractivity contribution in [1.29, 1.82) is 0 Å². The van der Waals surface area contributed by atoms with Crippen LogP contribution in [0, 0.1) is 5.95 Å². The van der Waals surface area contributed by atoms with Crippen LogP contribution in [0.4, 0.5) is 10.1 Å². The van der Waals surface area contributed by atoms with Crippen LogP contribution < -0.4 is 5.32 Å². The van der Waals surface area contributed by atoms with Gasteiger partial charge in [-0.2, -0.15) is 9.49 Å². The third kappa shape index (κ3) is 3.21. The van der Waals surface area contributed by atoms with Gasteiger partial charge >= 0.3 is 5.97 Å². The van der Waals surface area contributed by atoms with Crippen molar-refractivity contribution >= 4 is 17.6 Å². The number of aromatic nitrogens is 2. The lowest BCUT2D eigenvalue weighted by Crippen LogP contribution is -2.21. The Labute approximate surface area is 121 Å². The summed E-state index contributed by atoms with van der Waals surface area (Å²) in [5.41, 5.74) is -0.520. The fourth-order valence-electron chi connectivity index (χ4n) is 2.10. The van der Waals surface area contributed by atoms with Crippen LogP contribution in [0.25, 0.3) is 0 Å². The van der Waals surface area contributed by atoms with Gasteiger partial charge in [0, 0.05) is 13.0 Å². The van der Waals surface area contributed by atoms with Crippen LogP contribution in [0.2, 0.25) is 0 Å². The molecule has 2 heterocycles. The maximum atomic E-state index is 14.5. The summed E-state index contributed by atoms with van der Waals surface area (Å²) in [5.74, 6) is -2.03. The number of hydrogen-bond acceptors (Lipinski definition) is 5. The molecule has 0 bridgehead atoms. The summed E-state index contributed by atoms with van der Waals surface area (Å²) in [6.07, 6.45) is 1.97. The standard InChI is InChI=1S/C13H18FN3O4/c1-3-8(18)15-10-11(13(19)20-2)16-17(12(10)14)9-6-4-5-7-21-9/h9H,3-7H2,1-2H3,(H,15,18). The number of halogens is 1. The van der Waals surface area contributed by atoms with Crippen LogP contribution in [0.5, 0.6) is 0 Å². The second kappa shape index (κ2) is 6.66. The second-order valence-corrected chi connectivity index (χ2v) is 4.67. The molecular formula is C13H18FN3O4. The van der Waals surface area contributed by atoms with Gasteiger partial charge in [-0.1, -0.05) is 6.92 Å². The monoisotopic (exact) mass is 299 g/mol. The van der Waals surface area contributed by atoms with Gasteiger partial charge in [0.1, 0.15) is 5.69 Å². The zero-order valence-electron chi connectivity index (χ0n) is 12.0. The number of nitrogens with one attached hydrogen (secondary N) is 1. The Balaban J connectivity index is 2.38. The van der Waals surface area contributed by atoms with Crippen molar-refractivity contribution in [3.8, 4) is 0 Å². The van der Waals surface area contributed by atoms with Crippen molar-refractivity contribution in [1.82, 2.24) is 9.78 Å². The van der Waals surface area contributed by atoms with Gasteiger partial charge < -0.3 is 14.8 Å². The number of amides is 1. The van der Waals surface area contributed by atoms with E-state index in [1.54, 1.807) is 6.92 Å². The van der Waals surface area contributed by atoms with Crippen LogP contribution in [-0.2, 0) is 14.3 Å². The first kappa shape index (κ1) is 15.4. The zero-order valence-corrected chi connectivity index (χ0v) is 12.0. The highest BCUT2D eigenvalue weighted by atomic mass is 19.1. The number of carbonyl (C=O) groups excluding carboxylic acids is 2. The van der Waals surface area contributed by atoms with E-state index in [1.807, 2.05) is 0 Å². The van der Waals surface area contributed by atoms with Crippen LogP contribution in [0.3, 0.4) is 0 Å². The van der Waals surface area contributed by atoms with E-state index in [0.717, 1.165) is 17.5 Å². The van der Waals surface area contributed by atoms with Gasteiger partial charge in [0.05, 0.1) is 7.11 Å². The normalized spacial score (nSPS) is 18.3. The molecule has 1 atom stereocenters. The lowest BCUT2D eigenvalue weighted by atomic mass is 10.2. The average Bonchev–Trinajstić information content (AvgIpc) is 2.84. The number of methoxy groups -OCH3 is 1. The first-order valence-corrected chi connectivity index (χ1v) is 6.86. The minimum atomic E-state index is -0.810. The molecule has 21 heavy (non-hydrogen) atoms. The van der Waals surface area contributed by atoms with Gasteiger partial charge in [-0.25, -0.2) is 9.48 Å². The van der Waals surface area contributed by atoms with Gasteiger partial charge in [0.15, 0.2) is 11.9 Å². The SMILES string of the molecule is CCC(=O)Nc1c(C(=O)OC)nn(C2CCCCO2)c1F. The number of rotatable bonds is 4. The Kier molecular flexibility index (Phi) is 4.89. The molecule has 7 nitrogen and oxygen atoms in total. The number of esters is 1. The molecule has 8 heteroatoms. The molecule has 0 aliphatic carbocycles. The Morgan fingerprint density at radius 3 is 2.86 bits per heavy atom. The Bertz CT molecular complexity index is 538. The molecule has 1 saturated heterocycles. The summed E-state index contributed by atoms with van der Waals surface area (Å²) in [5, 5.41) is 6.27. The number of anilines is 1. The third-order valence-corrected chi connectivity index (χ3v) is 3.24. The smallest absolute Gasteiger partial charge is 0.360 e. The van der Waals surface area contributed by atoms with Crippen LogP contribution in [-0.4, -0.2) is 35.4 Å². The lowest BCUT2D eigenvalue weighted by Gasteiger charge is -2.22. The van der Waals surface area contributed by atoms with Crippen molar-refractivity contribution in [2.45, 2.75) is 38.8 Å². The van der Waals surface area contributed by atoms with Crippen LogP contribution in [0.15, 0.2) is 0 Å². The molecule has 116 valence electrons. The summed E-state index contributed by atoms with van der Waals surface area (Å²) < 4.78 is 25.5. The van der Waals surface area contributed by atoms with E-state index in [1.165, 1.54) is 7.11 Å². The van der Waals surface area contributed by atoms with E-state index in [-0.39, 0.29) is 17.8 Å². The van der Waals surface area contributed by atoms with Gasteiger partial charge in [-0.3, -0.25) is 4.79 Å². The molecule has 1 aromatic rings. The van der Waals surface area contributed by atoms with Crippen molar-refractivity contribution in [3.63, 3.8) is 0 Å². The summed E-state index contributed by atoms with van der Waals surface area (Å²) in [6.45, 7) is 2.13. The van der Waals surface area contributed by atoms with E-state index in [0.29, 0.717) is 13.0 Å². The van der Waals surface area contributed by atoms with Crippen molar-refractivity contribution in [2.75, 3.05) is 19.0 Å². The molecule has 2 rings (SSSR count). The summed E-state index contributed by atoms with van der Waals surface area (Å²) in [4.78, 5) is 23.2. The lowest BCUT2D eigenvalue weighted by molar-refractivity contribution is -0.115. The van der Waals surface area contributed by atoms with Gasteiger partial charge in [-0.05, 0) is 19.3 Å². The number of ether oxygens (including phenoxy) is 2. The Morgan fingerprint density at radius 2 is 2.29 bits per heavy atom. The summed E-state index contributed by atoms with van der Waals surface area (Å²) >= 11 is 0. The largest absolute Gasteiger partial charge is 0.464 e. The highest BCUT2D eigenvalue weighted by Gasteiger charge is 2.29. The molecular weight excluding hydrogens is 281 g/mol. The average molecular weight is 299 g/mol.